The number of carbonyl (C=O) groups is 1. The molecule has 3 aromatic carbocycles. The Balaban J connectivity index is 1.57. The number of aryl methyl sites for hydroxylation is 1. The number of pyridine rings is 1. The van der Waals surface area contributed by atoms with E-state index < -0.39 is 5.97 Å². The molecule has 0 saturated carbocycles. The van der Waals surface area contributed by atoms with E-state index in [9.17, 15) is 4.79 Å². The Morgan fingerprint density at radius 2 is 1.79 bits per heavy atom. The smallest absolute Gasteiger partial charge is 0.363 e. The summed E-state index contributed by atoms with van der Waals surface area (Å²) in [5, 5.41) is 2.42. The van der Waals surface area contributed by atoms with Gasteiger partial charge in [0.05, 0.1) is 12.6 Å². The fraction of sp³-hybridized carbons (Fsp3) is 0.0741. The lowest BCUT2D eigenvalue weighted by molar-refractivity contribution is -0.129. The highest BCUT2D eigenvalue weighted by atomic mass is 35.5. The third-order valence-electron chi connectivity index (χ3n) is 5.32. The van der Waals surface area contributed by atoms with E-state index in [4.69, 9.17) is 26.1 Å². The van der Waals surface area contributed by atoms with Crippen molar-refractivity contribution in [2.24, 2.45) is 4.99 Å². The highest BCUT2D eigenvalue weighted by molar-refractivity contribution is 7.99. The van der Waals surface area contributed by atoms with Crippen LogP contribution in [0.2, 0.25) is 5.02 Å². The fourth-order valence-electron chi connectivity index (χ4n) is 3.56. The first-order valence-corrected chi connectivity index (χ1v) is 11.7. The molecule has 7 heteroatoms. The van der Waals surface area contributed by atoms with Crippen molar-refractivity contribution < 1.29 is 14.3 Å². The van der Waals surface area contributed by atoms with Crippen LogP contribution in [0, 0.1) is 6.92 Å². The van der Waals surface area contributed by atoms with Gasteiger partial charge in [0.2, 0.25) is 5.90 Å². The van der Waals surface area contributed by atoms with Gasteiger partial charge in [-0.05, 0) is 73.2 Å². The van der Waals surface area contributed by atoms with Crippen molar-refractivity contribution in [1.29, 1.82) is 0 Å². The topological polar surface area (TPSA) is 60.8 Å². The van der Waals surface area contributed by atoms with Gasteiger partial charge in [0, 0.05) is 26.4 Å². The van der Waals surface area contributed by atoms with Crippen LogP contribution in [0.1, 0.15) is 16.7 Å². The van der Waals surface area contributed by atoms with E-state index in [-0.39, 0.29) is 11.6 Å². The highest BCUT2D eigenvalue weighted by Crippen LogP contribution is 2.34. The minimum Gasteiger partial charge on any atom is -0.497 e. The van der Waals surface area contributed by atoms with Crippen LogP contribution in [0.3, 0.4) is 0 Å². The number of carbonyl (C=O) groups excluding carboxylic acids is 1. The van der Waals surface area contributed by atoms with Crippen molar-refractivity contribution in [3.05, 3.63) is 100 Å². The normalized spacial score (nSPS) is 14.4. The van der Waals surface area contributed by atoms with E-state index in [1.54, 1.807) is 37.5 Å². The van der Waals surface area contributed by atoms with Crippen molar-refractivity contribution in [3.8, 4) is 5.75 Å². The maximum Gasteiger partial charge on any atom is 0.363 e. The summed E-state index contributed by atoms with van der Waals surface area (Å²) in [6.07, 6.45) is 1.73. The number of hydrogen-bond acceptors (Lipinski definition) is 6. The molecular formula is C27H19ClN2O3S. The first-order chi connectivity index (χ1) is 16.5. The molecule has 4 aromatic rings. The molecule has 0 aliphatic carbocycles. The van der Waals surface area contributed by atoms with Gasteiger partial charge in [-0.25, -0.2) is 14.8 Å². The van der Waals surface area contributed by atoms with Crippen LogP contribution < -0.4 is 4.74 Å². The van der Waals surface area contributed by atoms with Crippen molar-refractivity contribution >= 4 is 52.2 Å². The van der Waals surface area contributed by atoms with Gasteiger partial charge in [-0.2, -0.15) is 0 Å². The molecule has 168 valence electrons. The maximum atomic E-state index is 12.6. The molecule has 0 unspecified atom stereocenters. The molecule has 0 N–H and O–H groups in total. The third kappa shape index (κ3) is 4.55. The highest BCUT2D eigenvalue weighted by Gasteiger charge is 2.25. The zero-order valence-electron chi connectivity index (χ0n) is 18.4. The Labute approximate surface area is 206 Å². The molecule has 5 rings (SSSR count). The Bertz CT molecular complexity index is 1460. The van der Waals surface area contributed by atoms with Gasteiger partial charge >= 0.3 is 5.97 Å². The SMILES string of the molecule is COc1ccc(C2=NC(=Cc3cc4cccc(C)c4nc3Sc3ccc(Cl)cc3)C(=O)O2)cc1. The number of fused-ring (bicyclic) bond motifs is 1. The quantitative estimate of drug-likeness (QED) is 0.232. The van der Waals surface area contributed by atoms with Crippen LogP contribution in [0.4, 0.5) is 0 Å². The van der Waals surface area contributed by atoms with Crippen molar-refractivity contribution in [2.75, 3.05) is 7.11 Å². The maximum absolute atomic E-state index is 12.6. The number of nitrogens with zero attached hydrogens (tertiary/aromatic N) is 2. The monoisotopic (exact) mass is 486 g/mol. The second kappa shape index (κ2) is 9.33. The molecule has 0 fully saturated rings. The lowest BCUT2D eigenvalue weighted by Crippen LogP contribution is -2.05. The molecule has 0 spiro atoms. The average Bonchev–Trinajstić information content (AvgIpc) is 3.21. The number of benzene rings is 3. The van der Waals surface area contributed by atoms with E-state index in [1.807, 2.05) is 55.5 Å². The van der Waals surface area contributed by atoms with Gasteiger partial charge < -0.3 is 9.47 Å². The van der Waals surface area contributed by atoms with Gasteiger partial charge in [-0.3, -0.25) is 0 Å². The van der Waals surface area contributed by atoms with Gasteiger partial charge in [0.15, 0.2) is 5.70 Å². The number of methoxy groups -OCH3 is 1. The molecule has 34 heavy (non-hydrogen) atoms. The predicted octanol–water partition coefficient (Wildman–Crippen LogP) is 6.70. The van der Waals surface area contributed by atoms with Gasteiger partial charge in [-0.15, -0.1) is 0 Å². The van der Waals surface area contributed by atoms with Crippen molar-refractivity contribution in [1.82, 2.24) is 4.98 Å². The minimum absolute atomic E-state index is 0.220. The fourth-order valence-corrected chi connectivity index (χ4v) is 4.55. The second-order valence-corrected chi connectivity index (χ2v) is 9.15. The first-order valence-electron chi connectivity index (χ1n) is 10.5. The Hall–Kier alpha value is -3.61. The molecule has 1 aromatic heterocycles. The number of halogens is 1. The van der Waals surface area contributed by atoms with Crippen LogP contribution in [0.25, 0.3) is 17.0 Å². The summed E-state index contributed by atoms with van der Waals surface area (Å²) in [6, 6.07) is 22.8. The molecule has 0 bridgehead atoms. The molecule has 1 aliphatic rings. The van der Waals surface area contributed by atoms with Crippen LogP contribution in [0.5, 0.6) is 5.75 Å². The zero-order valence-corrected chi connectivity index (χ0v) is 20.0. The van der Waals surface area contributed by atoms with E-state index in [1.165, 1.54) is 11.8 Å². The lowest BCUT2D eigenvalue weighted by atomic mass is 10.1. The lowest BCUT2D eigenvalue weighted by Gasteiger charge is -2.09. The molecule has 0 amide bonds. The molecule has 5 nitrogen and oxygen atoms in total. The van der Waals surface area contributed by atoms with E-state index in [0.717, 1.165) is 32.0 Å². The van der Waals surface area contributed by atoms with Gasteiger partial charge in [0.25, 0.3) is 0 Å². The van der Waals surface area contributed by atoms with Crippen molar-refractivity contribution in [2.45, 2.75) is 16.8 Å². The van der Waals surface area contributed by atoms with Crippen LogP contribution in [-0.2, 0) is 9.53 Å². The molecular weight excluding hydrogens is 468 g/mol. The summed E-state index contributed by atoms with van der Waals surface area (Å²) >= 11 is 7.55. The summed E-state index contributed by atoms with van der Waals surface area (Å²) in [7, 11) is 1.60. The summed E-state index contributed by atoms with van der Waals surface area (Å²) in [4.78, 5) is 23.0. The molecule has 1 aliphatic heterocycles. The Morgan fingerprint density at radius 1 is 1.03 bits per heavy atom. The second-order valence-electron chi connectivity index (χ2n) is 7.65. The van der Waals surface area contributed by atoms with E-state index in [2.05, 4.69) is 4.99 Å². The number of ether oxygens (including phenoxy) is 2. The zero-order chi connectivity index (χ0) is 23.7. The van der Waals surface area contributed by atoms with Crippen LogP contribution >= 0.6 is 23.4 Å². The molecule has 0 atom stereocenters. The molecule has 2 heterocycles. The van der Waals surface area contributed by atoms with Crippen LogP contribution in [0.15, 0.2) is 93.4 Å². The predicted molar refractivity (Wildman–Crippen MR) is 136 cm³/mol. The average molecular weight is 487 g/mol. The van der Waals surface area contributed by atoms with Gasteiger partial charge in [0.1, 0.15) is 10.8 Å². The Kier molecular flexibility index (Phi) is 6.09. The van der Waals surface area contributed by atoms with Crippen LogP contribution in [-0.4, -0.2) is 24.0 Å². The molecule has 0 saturated heterocycles. The number of hydrogen-bond donors (Lipinski definition) is 0. The third-order valence-corrected chi connectivity index (χ3v) is 6.60. The standard InChI is InChI=1S/C27H19ClN2O3S/c1-16-4-3-5-18-14-19(26(30-24(16)18)34-22-12-8-20(28)9-13-22)15-23-27(31)33-25(29-23)17-6-10-21(32-2)11-7-17/h3-15H,1-2H3. The number of aliphatic imine (C=N–C) groups is 1. The first kappa shape index (κ1) is 22.2. The van der Waals surface area contributed by atoms with Gasteiger partial charge in [-0.1, -0.05) is 41.6 Å². The summed E-state index contributed by atoms with van der Waals surface area (Å²) < 4.78 is 10.6. The number of cyclic esters (lactones) is 1. The minimum atomic E-state index is -0.502. The largest absolute Gasteiger partial charge is 0.497 e. The Morgan fingerprint density at radius 3 is 2.53 bits per heavy atom. The van der Waals surface area contributed by atoms with E-state index >= 15 is 0 Å². The summed E-state index contributed by atoms with van der Waals surface area (Å²) in [6.45, 7) is 2.03. The number of aromatic nitrogens is 1. The van der Waals surface area contributed by atoms with Crippen molar-refractivity contribution in [3.63, 3.8) is 0 Å². The number of esters is 1. The number of para-hydroxylation sites is 1. The molecule has 0 radical (unpaired) electrons. The van der Waals surface area contributed by atoms with E-state index in [0.29, 0.717) is 16.3 Å². The summed E-state index contributed by atoms with van der Waals surface area (Å²) in [5.74, 6) is 0.471. The summed E-state index contributed by atoms with van der Waals surface area (Å²) in [5.41, 5.74) is 3.69. The number of rotatable bonds is 5.